The first-order valence-corrected chi connectivity index (χ1v) is 9.10. The molecular formula is C15H15F2N3O3S. The van der Waals surface area contributed by atoms with Crippen molar-refractivity contribution >= 4 is 21.4 Å². The Bertz CT molecular complexity index is 909. The van der Waals surface area contributed by atoms with Crippen LogP contribution in [0.15, 0.2) is 24.4 Å². The standard InChI is InChI=1S/C15H15F2N3O3S/c1-9-12(7-18-20(9)11-4-5-24(22,23)8-11)15(21)19-10-2-3-13(16)14(17)6-10/h2-3,6-7,11H,4-5,8H2,1H3,(H,19,21). The second-order valence-electron chi connectivity index (χ2n) is 5.73. The number of aromatic nitrogens is 2. The quantitative estimate of drug-likeness (QED) is 0.914. The zero-order valence-corrected chi connectivity index (χ0v) is 13.6. The summed E-state index contributed by atoms with van der Waals surface area (Å²) in [4.78, 5) is 12.3. The summed E-state index contributed by atoms with van der Waals surface area (Å²) in [5.41, 5.74) is 0.899. The Balaban J connectivity index is 1.80. The molecule has 1 aromatic carbocycles. The third-order valence-electron chi connectivity index (χ3n) is 4.02. The molecule has 1 amide bonds. The molecular weight excluding hydrogens is 340 g/mol. The van der Waals surface area contributed by atoms with Crippen LogP contribution in [0, 0.1) is 18.6 Å². The van der Waals surface area contributed by atoms with Crippen LogP contribution in [-0.4, -0.2) is 35.6 Å². The van der Waals surface area contributed by atoms with Crippen molar-refractivity contribution in [1.82, 2.24) is 9.78 Å². The fourth-order valence-corrected chi connectivity index (χ4v) is 4.45. The van der Waals surface area contributed by atoms with Crippen LogP contribution in [0.1, 0.15) is 28.5 Å². The van der Waals surface area contributed by atoms with Gasteiger partial charge < -0.3 is 5.32 Å². The van der Waals surface area contributed by atoms with E-state index in [1.54, 1.807) is 6.92 Å². The Morgan fingerprint density at radius 3 is 2.71 bits per heavy atom. The van der Waals surface area contributed by atoms with Crippen LogP contribution in [-0.2, 0) is 9.84 Å². The number of anilines is 1. The average Bonchev–Trinajstić information content (AvgIpc) is 3.05. The largest absolute Gasteiger partial charge is 0.322 e. The van der Waals surface area contributed by atoms with Gasteiger partial charge in [-0.2, -0.15) is 5.10 Å². The number of rotatable bonds is 3. The number of hydrogen-bond acceptors (Lipinski definition) is 4. The van der Waals surface area contributed by atoms with E-state index in [4.69, 9.17) is 0 Å². The molecule has 1 fully saturated rings. The van der Waals surface area contributed by atoms with E-state index in [-0.39, 0.29) is 28.8 Å². The van der Waals surface area contributed by atoms with Gasteiger partial charge in [0.2, 0.25) is 0 Å². The lowest BCUT2D eigenvalue weighted by atomic mass is 10.2. The van der Waals surface area contributed by atoms with Crippen molar-refractivity contribution in [2.24, 2.45) is 0 Å². The predicted octanol–water partition coefficient (Wildman–Crippen LogP) is 2.08. The summed E-state index contributed by atoms with van der Waals surface area (Å²) in [5, 5.41) is 6.59. The molecule has 1 aromatic heterocycles. The summed E-state index contributed by atoms with van der Waals surface area (Å²) in [6, 6.07) is 2.76. The molecule has 1 N–H and O–H groups in total. The van der Waals surface area contributed by atoms with Crippen LogP contribution < -0.4 is 5.32 Å². The molecule has 24 heavy (non-hydrogen) atoms. The molecule has 1 atom stereocenters. The molecule has 0 bridgehead atoms. The molecule has 3 rings (SSSR count). The van der Waals surface area contributed by atoms with Crippen molar-refractivity contribution in [3.05, 3.63) is 47.3 Å². The van der Waals surface area contributed by atoms with Gasteiger partial charge in [0.05, 0.1) is 29.3 Å². The van der Waals surface area contributed by atoms with Gasteiger partial charge in [0.15, 0.2) is 21.5 Å². The lowest BCUT2D eigenvalue weighted by molar-refractivity contribution is 0.102. The van der Waals surface area contributed by atoms with E-state index < -0.39 is 27.4 Å². The molecule has 128 valence electrons. The van der Waals surface area contributed by atoms with Crippen molar-refractivity contribution in [3.63, 3.8) is 0 Å². The fourth-order valence-electron chi connectivity index (χ4n) is 2.76. The average molecular weight is 355 g/mol. The summed E-state index contributed by atoms with van der Waals surface area (Å²) < 4.78 is 50.8. The van der Waals surface area contributed by atoms with Crippen LogP contribution >= 0.6 is 0 Å². The van der Waals surface area contributed by atoms with Gasteiger partial charge in [-0.25, -0.2) is 17.2 Å². The van der Waals surface area contributed by atoms with Gasteiger partial charge in [-0.1, -0.05) is 0 Å². The number of sulfone groups is 1. The van der Waals surface area contributed by atoms with Gasteiger partial charge in [0.25, 0.3) is 5.91 Å². The molecule has 0 aliphatic carbocycles. The zero-order valence-electron chi connectivity index (χ0n) is 12.8. The molecule has 6 nitrogen and oxygen atoms in total. The maximum Gasteiger partial charge on any atom is 0.259 e. The van der Waals surface area contributed by atoms with Crippen LogP contribution in [0.2, 0.25) is 0 Å². The summed E-state index contributed by atoms with van der Waals surface area (Å²) in [6.07, 6.45) is 1.80. The molecule has 0 radical (unpaired) electrons. The molecule has 1 saturated heterocycles. The fraction of sp³-hybridized carbons (Fsp3) is 0.333. The van der Waals surface area contributed by atoms with E-state index in [2.05, 4.69) is 10.4 Å². The number of halogens is 2. The van der Waals surface area contributed by atoms with Crippen LogP contribution in [0.4, 0.5) is 14.5 Å². The number of carbonyl (C=O) groups excluding carboxylic acids is 1. The van der Waals surface area contributed by atoms with E-state index in [0.29, 0.717) is 12.1 Å². The van der Waals surface area contributed by atoms with Crippen molar-refractivity contribution < 1.29 is 22.0 Å². The lowest BCUT2D eigenvalue weighted by Crippen LogP contribution is -2.16. The van der Waals surface area contributed by atoms with Crippen molar-refractivity contribution in [1.29, 1.82) is 0 Å². The molecule has 0 saturated carbocycles. The van der Waals surface area contributed by atoms with Gasteiger partial charge in [0.1, 0.15) is 0 Å². The van der Waals surface area contributed by atoms with Gasteiger partial charge in [-0.3, -0.25) is 9.48 Å². The summed E-state index contributed by atoms with van der Waals surface area (Å²) in [5.74, 6) is -2.48. The molecule has 9 heteroatoms. The van der Waals surface area contributed by atoms with Gasteiger partial charge in [0, 0.05) is 17.4 Å². The van der Waals surface area contributed by atoms with E-state index in [0.717, 1.165) is 12.1 Å². The van der Waals surface area contributed by atoms with E-state index in [1.807, 2.05) is 0 Å². The number of hydrogen-bond donors (Lipinski definition) is 1. The first-order valence-electron chi connectivity index (χ1n) is 7.28. The topological polar surface area (TPSA) is 81.1 Å². The maximum atomic E-state index is 13.2. The number of nitrogens with zero attached hydrogens (tertiary/aromatic N) is 2. The summed E-state index contributed by atoms with van der Waals surface area (Å²) in [7, 11) is -3.07. The van der Waals surface area contributed by atoms with Crippen molar-refractivity contribution in [2.45, 2.75) is 19.4 Å². The van der Waals surface area contributed by atoms with Crippen molar-refractivity contribution in [2.75, 3.05) is 16.8 Å². The lowest BCUT2D eigenvalue weighted by Gasteiger charge is -2.11. The van der Waals surface area contributed by atoms with Crippen LogP contribution in [0.25, 0.3) is 0 Å². The molecule has 1 aliphatic rings. The Kier molecular flexibility index (Phi) is 4.12. The minimum absolute atomic E-state index is 0.000246. The Hall–Kier alpha value is -2.29. The second-order valence-corrected chi connectivity index (χ2v) is 7.96. The van der Waals surface area contributed by atoms with Crippen LogP contribution in [0.5, 0.6) is 0 Å². The van der Waals surface area contributed by atoms with Crippen molar-refractivity contribution in [3.8, 4) is 0 Å². The van der Waals surface area contributed by atoms with E-state index in [9.17, 15) is 22.0 Å². The number of nitrogens with one attached hydrogen (secondary N) is 1. The second kappa shape index (κ2) is 5.97. The third-order valence-corrected chi connectivity index (χ3v) is 5.77. The van der Waals surface area contributed by atoms with E-state index >= 15 is 0 Å². The highest BCUT2D eigenvalue weighted by atomic mass is 32.2. The molecule has 2 aromatic rings. The number of carbonyl (C=O) groups is 1. The molecule has 0 spiro atoms. The van der Waals surface area contributed by atoms with Gasteiger partial charge in [-0.05, 0) is 25.5 Å². The first kappa shape index (κ1) is 16.6. The minimum atomic E-state index is -3.07. The molecule has 1 unspecified atom stereocenters. The van der Waals surface area contributed by atoms with Crippen LogP contribution in [0.3, 0.4) is 0 Å². The first-order chi connectivity index (χ1) is 11.3. The Morgan fingerprint density at radius 2 is 2.08 bits per heavy atom. The predicted molar refractivity (Wildman–Crippen MR) is 83.6 cm³/mol. The SMILES string of the molecule is Cc1c(C(=O)Nc2ccc(F)c(F)c2)cnn1C1CCS(=O)(=O)C1. The van der Waals surface area contributed by atoms with Gasteiger partial charge in [-0.15, -0.1) is 0 Å². The van der Waals surface area contributed by atoms with E-state index in [1.165, 1.54) is 16.9 Å². The maximum absolute atomic E-state index is 13.2. The third kappa shape index (κ3) is 3.16. The zero-order chi connectivity index (χ0) is 17.5. The monoisotopic (exact) mass is 355 g/mol. The smallest absolute Gasteiger partial charge is 0.259 e. The minimum Gasteiger partial charge on any atom is -0.322 e. The highest BCUT2D eigenvalue weighted by molar-refractivity contribution is 7.91. The number of amides is 1. The highest BCUT2D eigenvalue weighted by Gasteiger charge is 2.31. The Labute approximate surface area is 137 Å². The van der Waals surface area contributed by atoms with Gasteiger partial charge >= 0.3 is 0 Å². The Morgan fingerprint density at radius 1 is 1.33 bits per heavy atom. The normalized spacial score (nSPS) is 19.4. The summed E-state index contributed by atoms with van der Waals surface area (Å²) >= 11 is 0. The highest BCUT2D eigenvalue weighted by Crippen LogP contribution is 2.25. The summed E-state index contributed by atoms with van der Waals surface area (Å²) in [6.45, 7) is 1.66. The molecule has 2 heterocycles. The number of benzene rings is 1. The molecule has 1 aliphatic heterocycles.